The zero-order valence-electron chi connectivity index (χ0n) is 11.9. The molecule has 106 valence electrons. The molecule has 0 aliphatic carbocycles. The molecule has 0 atom stereocenters. The van der Waals surface area contributed by atoms with Gasteiger partial charge in [-0.25, -0.2) is 9.97 Å². The lowest BCUT2D eigenvalue weighted by atomic mass is 10.2. The van der Waals surface area contributed by atoms with E-state index in [4.69, 9.17) is 4.74 Å². The van der Waals surface area contributed by atoms with Gasteiger partial charge in [0, 0.05) is 18.3 Å². The minimum Gasteiger partial charge on any atom is -0.491 e. The Labute approximate surface area is 133 Å². The van der Waals surface area contributed by atoms with Crippen LogP contribution in [0.15, 0.2) is 30.5 Å². The van der Waals surface area contributed by atoms with Crippen LogP contribution in [0.2, 0.25) is 0 Å². The molecule has 0 aliphatic heterocycles. The fraction of sp³-hybridized carbons (Fsp3) is 0.333. The number of aromatic nitrogens is 2. The average Bonchev–Trinajstić information content (AvgIpc) is 2.41. The second kappa shape index (κ2) is 6.88. The summed E-state index contributed by atoms with van der Waals surface area (Å²) in [6.07, 6.45) is 1.98. The fourth-order valence-electron chi connectivity index (χ4n) is 1.78. The van der Waals surface area contributed by atoms with Crippen LogP contribution in [0.3, 0.4) is 0 Å². The number of halogens is 1. The quantitative estimate of drug-likeness (QED) is 0.794. The van der Waals surface area contributed by atoms with Gasteiger partial charge in [0.05, 0.1) is 9.67 Å². The van der Waals surface area contributed by atoms with Crippen molar-refractivity contribution in [1.82, 2.24) is 9.97 Å². The van der Waals surface area contributed by atoms with Gasteiger partial charge in [-0.3, -0.25) is 0 Å². The molecule has 0 radical (unpaired) electrons. The zero-order valence-corrected chi connectivity index (χ0v) is 14.0. The molecule has 5 heteroatoms. The predicted octanol–water partition coefficient (Wildman–Crippen LogP) is 3.97. The molecule has 0 bridgehead atoms. The molecule has 0 fully saturated rings. The number of ether oxygens (including phenoxy) is 1. The fourth-order valence-corrected chi connectivity index (χ4v) is 2.23. The van der Waals surface area contributed by atoms with Crippen LogP contribution < -0.4 is 10.1 Å². The van der Waals surface area contributed by atoms with E-state index >= 15 is 0 Å². The van der Waals surface area contributed by atoms with Crippen LogP contribution in [0.4, 0.5) is 5.82 Å². The topological polar surface area (TPSA) is 47.0 Å². The summed E-state index contributed by atoms with van der Waals surface area (Å²) < 4.78 is 6.72. The first-order chi connectivity index (χ1) is 9.60. The highest BCUT2D eigenvalue weighted by Crippen LogP contribution is 2.24. The van der Waals surface area contributed by atoms with Crippen LogP contribution in [0.1, 0.15) is 20.8 Å². The maximum absolute atomic E-state index is 5.71. The van der Waals surface area contributed by atoms with E-state index in [1.54, 1.807) is 0 Å². The molecule has 0 saturated carbocycles. The molecule has 0 amide bonds. The van der Waals surface area contributed by atoms with E-state index < -0.39 is 0 Å². The molecular weight excluding hydrogens is 365 g/mol. The van der Waals surface area contributed by atoms with Crippen molar-refractivity contribution in [2.75, 3.05) is 11.9 Å². The van der Waals surface area contributed by atoms with Crippen LogP contribution in [0, 0.1) is 3.57 Å². The molecular formula is C15H18IN3O. The van der Waals surface area contributed by atoms with E-state index in [0.717, 1.165) is 27.2 Å². The minimum atomic E-state index is 0.153. The van der Waals surface area contributed by atoms with Gasteiger partial charge < -0.3 is 10.1 Å². The minimum absolute atomic E-state index is 0.153. The molecule has 0 spiro atoms. The number of nitrogens with one attached hydrogen (secondary N) is 1. The molecule has 0 aliphatic rings. The summed E-state index contributed by atoms with van der Waals surface area (Å²) in [7, 11) is 0. The SMILES string of the molecule is CCNc1nc(-c2cccc(OC(C)C)c2)ncc1I. The van der Waals surface area contributed by atoms with Crippen LogP contribution in [-0.4, -0.2) is 22.6 Å². The van der Waals surface area contributed by atoms with E-state index in [1.165, 1.54) is 0 Å². The van der Waals surface area contributed by atoms with Crippen LogP contribution in [0.5, 0.6) is 5.75 Å². The zero-order chi connectivity index (χ0) is 14.5. The highest BCUT2D eigenvalue weighted by Gasteiger charge is 2.08. The lowest BCUT2D eigenvalue weighted by Crippen LogP contribution is -2.06. The van der Waals surface area contributed by atoms with Crippen molar-refractivity contribution in [2.45, 2.75) is 26.9 Å². The van der Waals surface area contributed by atoms with Crippen molar-refractivity contribution in [1.29, 1.82) is 0 Å². The smallest absolute Gasteiger partial charge is 0.161 e. The van der Waals surface area contributed by atoms with Crippen molar-refractivity contribution in [3.8, 4) is 17.1 Å². The van der Waals surface area contributed by atoms with E-state index in [2.05, 4.69) is 44.8 Å². The van der Waals surface area contributed by atoms with E-state index in [1.807, 2.05) is 44.3 Å². The number of hydrogen-bond donors (Lipinski definition) is 1. The van der Waals surface area contributed by atoms with Gasteiger partial charge in [0.2, 0.25) is 0 Å². The predicted molar refractivity (Wildman–Crippen MR) is 90.1 cm³/mol. The summed E-state index contributed by atoms with van der Waals surface area (Å²) in [5.74, 6) is 2.41. The van der Waals surface area contributed by atoms with Gasteiger partial charge in [0.15, 0.2) is 5.82 Å². The highest BCUT2D eigenvalue weighted by atomic mass is 127. The highest BCUT2D eigenvalue weighted by molar-refractivity contribution is 14.1. The summed E-state index contributed by atoms with van der Waals surface area (Å²) in [4.78, 5) is 8.96. The Morgan fingerprint density at radius 3 is 2.85 bits per heavy atom. The molecule has 1 heterocycles. The Morgan fingerprint density at radius 2 is 2.15 bits per heavy atom. The van der Waals surface area contributed by atoms with Crippen LogP contribution >= 0.6 is 22.6 Å². The van der Waals surface area contributed by atoms with Crippen LogP contribution in [0.25, 0.3) is 11.4 Å². The monoisotopic (exact) mass is 383 g/mol. The molecule has 2 aromatic rings. The number of rotatable bonds is 5. The standard InChI is InChI=1S/C15H18IN3O/c1-4-17-15-13(16)9-18-14(19-15)11-6-5-7-12(8-11)20-10(2)3/h5-10H,4H2,1-3H3,(H,17,18,19). The van der Waals surface area contributed by atoms with Gasteiger partial charge in [-0.15, -0.1) is 0 Å². The maximum Gasteiger partial charge on any atom is 0.161 e. The third-order valence-corrected chi connectivity index (χ3v) is 3.34. The van der Waals surface area contributed by atoms with E-state index in [9.17, 15) is 0 Å². The first-order valence-electron chi connectivity index (χ1n) is 6.63. The van der Waals surface area contributed by atoms with Gasteiger partial charge in [-0.05, 0) is 55.5 Å². The Morgan fingerprint density at radius 1 is 1.35 bits per heavy atom. The van der Waals surface area contributed by atoms with Crippen molar-refractivity contribution in [3.05, 3.63) is 34.0 Å². The van der Waals surface area contributed by atoms with Crippen molar-refractivity contribution >= 4 is 28.4 Å². The van der Waals surface area contributed by atoms with Crippen molar-refractivity contribution in [3.63, 3.8) is 0 Å². The number of hydrogen-bond acceptors (Lipinski definition) is 4. The molecule has 1 aromatic carbocycles. The maximum atomic E-state index is 5.71. The van der Waals surface area contributed by atoms with E-state index in [0.29, 0.717) is 5.82 Å². The third-order valence-electron chi connectivity index (χ3n) is 2.55. The first-order valence-corrected chi connectivity index (χ1v) is 7.71. The van der Waals surface area contributed by atoms with Gasteiger partial charge in [-0.2, -0.15) is 0 Å². The third kappa shape index (κ3) is 3.82. The second-order valence-electron chi connectivity index (χ2n) is 4.61. The number of anilines is 1. The molecule has 0 unspecified atom stereocenters. The summed E-state index contributed by atoms with van der Waals surface area (Å²) in [6.45, 7) is 6.91. The van der Waals surface area contributed by atoms with Crippen molar-refractivity contribution < 1.29 is 4.74 Å². The number of nitrogens with zero attached hydrogens (tertiary/aromatic N) is 2. The molecule has 2 rings (SSSR count). The van der Waals surface area contributed by atoms with Gasteiger partial charge in [-0.1, -0.05) is 12.1 Å². The lowest BCUT2D eigenvalue weighted by Gasteiger charge is -2.11. The Bertz CT molecular complexity index is 587. The molecule has 20 heavy (non-hydrogen) atoms. The normalized spacial score (nSPS) is 10.7. The summed E-state index contributed by atoms with van der Waals surface area (Å²) >= 11 is 2.23. The van der Waals surface area contributed by atoms with Gasteiger partial charge >= 0.3 is 0 Å². The van der Waals surface area contributed by atoms with Crippen LogP contribution in [-0.2, 0) is 0 Å². The molecule has 4 nitrogen and oxygen atoms in total. The molecule has 1 N–H and O–H groups in total. The van der Waals surface area contributed by atoms with Crippen molar-refractivity contribution in [2.24, 2.45) is 0 Å². The summed E-state index contributed by atoms with van der Waals surface area (Å²) in [5, 5.41) is 3.24. The first kappa shape index (κ1) is 15.0. The second-order valence-corrected chi connectivity index (χ2v) is 5.78. The molecule has 0 saturated heterocycles. The largest absolute Gasteiger partial charge is 0.491 e. The lowest BCUT2D eigenvalue weighted by molar-refractivity contribution is 0.242. The Kier molecular flexibility index (Phi) is 5.17. The number of benzene rings is 1. The van der Waals surface area contributed by atoms with Gasteiger partial charge in [0.25, 0.3) is 0 Å². The van der Waals surface area contributed by atoms with Gasteiger partial charge in [0.1, 0.15) is 11.6 Å². The summed E-state index contributed by atoms with van der Waals surface area (Å²) in [5.41, 5.74) is 0.957. The summed E-state index contributed by atoms with van der Waals surface area (Å²) in [6, 6.07) is 7.87. The van der Waals surface area contributed by atoms with E-state index in [-0.39, 0.29) is 6.10 Å². The Balaban J connectivity index is 2.33. The Hall–Kier alpha value is -1.37. The average molecular weight is 383 g/mol. The molecule has 1 aromatic heterocycles.